The lowest BCUT2D eigenvalue weighted by Crippen LogP contribution is -2.22. The van der Waals surface area contributed by atoms with Crippen LogP contribution in [0.5, 0.6) is 5.75 Å². The summed E-state index contributed by atoms with van der Waals surface area (Å²) in [7, 11) is -0.191. The van der Waals surface area contributed by atoms with Crippen LogP contribution in [0.25, 0.3) is 0 Å². The van der Waals surface area contributed by atoms with Crippen molar-refractivity contribution in [3.63, 3.8) is 0 Å². The number of rotatable bonds is 6. The van der Waals surface area contributed by atoms with Gasteiger partial charge in [0, 0.05) is 7.05 Å². The summed E-state index contributed by atoms with van der Waals surface area (Å²) in [6.07, 6.45) is 0. The number of carbonyl (C=O) groups excluding carboxylic acids is 2. The van der Waals surface area contributed by atoms with Crippen LogP contribution in [0.1, 0.15) is 20.7 Å². The molecule has 0 aliphatic rings. The molecule has 27 heavy (non-hydrogen) atoms. The van der Waals surface area contributed by atoms with Crippen molar-refractivity contribution in [1.82, 2.24) is 5.32 Å². The minimum atomic E-state index is -4.20. The molecule has 2 N–H and O–H groups in total. The van der Waals surface area contributed by atoms with Gasteiger partial charge in [-0.1, -0.05) is 11.6 Å². The van der Waals surface area contributed by atoms with Crippen molar-refractivity contribution in [2.24, 2.45) is 0 Å². The smallest absolute Gasteiger partial charge is 0.337 e. The Bertz CT molecular complexity index is 991. The number of ether oxygens (including phenoxy) is 2. The average Bonchev–Trinajstić information content (AvgIpc) is 2.66. The van der Waals surface area contributed by atoms with E-state index in [1.165, 1.54) is 51.6 Å². The topological polar surface area (TPSA) is 111 Å². The maximum Gasteiger partial charge on any atom is 0.337 e. The molecule has 0 aliphatic heterocycles. The Balaban J connectivity index is 2.51. The summed E-state index contributed by atoms with van der Waals surface area (Å²) in [5.41, 5.74) is 0.0962. The van der Waals surface area contributed by atoms with Crippen LogP contribution in [0.15, 0.2) is 41.3 Å². The number of benzene rings is 2. The van der Waals surface area contributed by atoms with Gasteiger partial charge in [-0.25, -0.2) is 13.2 Å². The SMILES string of the molecule is CNC(=O)c1cc(OC)ccc1NS(=O)(=O)c1cc(C(=O)OC)ccc1Cl. The zero-order chi connectivity index (χ0) is 20.2. The number of hydrogen-bond donors (Lipinski definition) is 2. The molecule has 1 amide bonds. The van der Waals surface area contributed by atoms with Crippen LogP contribution in [0.3, 0.4) is 0 Å². The van der Waals surface area contributed by atoms with E-state index in [-0.39, 0.29) is 26.7 Å². The molecule has 0 bridgehead atoms. The average molecular weight is 413 g/mol. The van der Waals surface area contributed by atoms with Gasteiger partial charge in [0.05, 0.1) is 36.1 Å². The molecule has 0 heterocycles. The maximum absolute atomic E-state index is 12.8. The number of nitrogens with one attached hydrogen (secondary N) is 2. The maximum atomic E-state index is 12.8. The Morgan fingerprint density at radius 2 is 1.78 bits per heavy atom. The third-order valence-corrected chi connectivity index (χ3v) is 5.43. The molecule has 0 saturated carbocycles. The lowest BCUT2D eigenvalue weighted by molar-refractivity contribution is 0.0600. The molecule has 0 unspecified atom stereocenters. The second-order valence-corrected chi connectivity index (χ2v) is 7.29. The van der Waals surface area contributed by atoms with Crippen molar-refractivity contribution in [3.8, 4) is 5.75 Å². The van der Waals surface area contributed by atoms with Crippen LogP contribution in [-0.4, -0.2) is 41.6 Å². The molecule has 8 nitrogen and oxygen atoms in total. The summed E-state index contributed by atoms with van der Waals surface area (Å²) < 4.78 is 37.6. The van der Waals surface area contributed by atoms with Gasteiger partial charge in [0.2, 0.25) is 0 Å². The summed E-state index contributed by atoms with van der Waals surface area (Å²) in [6, 6.07) is 7.99. The first-order valence-electron chi connectivity index (χ1n) is 7.54. The summed E-state index contributed by atoms with van der Waals surface area (Å²) in [4.78, 5) is 23.4. The Kier molecular flexibility index (Phi) is 6.29. The van der Waals surface area contributed by atoms with Crippen molar-refractivity contribution in [2.75, 3.05) is 26.0 Å². The summed E-state index contributed by atoms with van der Waals surface area (Å²) in [5, 5.41) is 2.33. The van der Waals surface area contributed by atoms with Crippen LogP contribution in [0, 0.1) is 0 Å². The monoisotopic (exact) mass is 412 g/mol. The number of anilines is 1. The van der Waals surface area contributed by atoms with E-state index in [0.29, 0.717) is 5.75 Å². The van der Waals surface area contributed by atoms with E-state index in [0.717, 1.165) is 6.07 Å². The van der Waals surface area contributed by atoms with Crippen molar-refractivity contribution < 1.29 is 27.5 Å². The highest BCUT2D eigenvalue weighted by atomic mass is 35.5. The normalized spacial score (nSPS) is 10.8. The van der Waals surface area contributed by atoms with Crippen molar-refractivity contribution in [1.29, 1.82) is 0 Å². The summed E-state index contributed by atoms with van der Waals surface area (Å²) in [5.74, 6) is -0.845. The predicted octanol–water partition coefficient (Wildman–Crippen LogP) is 2.30. The fourth-order valence-electron chi connectivity index (χ4n) is 2.22. The Morgan fingerprint density at radius 3 is 2.37 bits per heavy atom. The van der Waals surface area contributed by atoms with Gasteiger partial charge < -0.3 is 14.8 Å². The highest BCUT2D eigenvalue weighted by Crippen LogP contribution is 2.28. The molecule has 0 atom stereocenters. The Hall–Kier alpha value is -2.78. The molecule has 0 spiro atoms. The first kappa shape index (κ1) is 20.5. The second-order valence-electron chi connectivity index (χ2n) is 5.23. The van der Waals surface area contributed by atoms with E-state index in [1.807, 2.05) is 0 Å². The third-order valence-electron chi connectivity index (χ3n) is 3.58. The summed E-state index contributed by atoms with van der Waals surface area (Å²) >= 11 is 6.00. The zero-order valence-corrected chi connectivity index (χ0v) is 16.3. The molecular weight excluding hydrogens is 396 g/mol. The number of carbonyl (C=O) groups is 2. The van der Waals surface area contributed by atoms with Crippen molar-refractivity contribution >= 4 is 39.2 Å². The molecule has 0 fully saturated rings. The van der Waals surface area contributed by atoms with Gasteiger partial charge in [-0.3, -0.25) is 9.52 Å². The van der Waals surface area contributed by atoms with E-state index in [1.54, 1.807) is 0 Å². The highest BCUT2D eigenvalue weighted by Gasteiger charge is 2.23. The molecule has 0 aliphatic carbocycles. The zero-order valence-electron chi connectivity index (χ0n) is 14.7. The molecule has 10 heteroatoms. The van der Waals surface area contributed by atoms with Crippen LogP contribution < -0.4 is 14.8 Å². The van der Waals surface area contributed by atoms with Crippen LogP contribution in [0.4, 0.5) is 5.69 Å². The quantitative estimate of drug-likeness (QED) is 0.704. The predicted molar refractivity (Wildman–Crippen MR) is 100.0 cm³/mol. The van der Waals surface area contributed by atoms with E-state index in [4.69, 9.17) is 16.3 Å². The molecule has 2 aromatic carbocycles. The Morgan fingerprint density at radius 1 is 1.07 bits per heavy atom. The van der Waals surface area contributed by atoms with Gasteiger partial charge in [0.1, 0.15) is 10.6 Å². The van der Waals surface area contributed by atoms with Crippen LogP contribution in [0.2, 0.25) is 5.02 Å². The van der Waals surface area contributed by atoms with Crippen LogP contribution in [-0.2, 0) is 14.8 Å². The van der Waals surface area contributed by atoms with Gasteiger partial charge in [-0.05, 0) is 36.4 Å². The molecule has 0 radical (unpaired) electrons. The van der Waals surface area contributed by atoms with Gasteiger partial charge >= 0.3 is 5.97 Å². The molecule has 0 aromatic heterocycles. The van der Waals surface area contributed by atoms with E-state index in [2.05, 4.69) is 14.8 Å². The first-order chi connectivity index (χ1) is 12.7. The summed E-state index contributed by atoms with van der Waals surface area (Å²) in [6.45, 7) is 0. The first-order valence-corrected chi connectivity index (χ1v) is 9.40. The van der Waals surface area contributed by atoms with Gasteiger partial charge in [-0.2, -0.15) is 0 Å². The van der Waals surface area contributed by atoms with Crippen LogP contribution >= 0.6 is 11.6 Å². The molecule has 144 valence electrons. The van der Waals surface area contributed by atoms with Gasteiger partial charge in [-0.15, -0.1) is 0 Å². The largest absolute Gasteiger partial charge is 0.497 e. The van der Waals surface area contributed by atoms with E-state index < -0.39 is 21.9 Å². The molecular formula is C17H17ClN2O6S. The number of halogens is 1. The number of sulfonamides is 1. The van der Waals surface area contributed by atoms with E-state index >= 15 is 0 Å². The fourth-order valence-corrected chi connectivity index (χ4v) is 3.82. The molecule has 2 rings (SSSR count). The number of methoxy groups -OCH3 is 2. The number of amides is 1. The van der Waals surface area contributed by atoms with Crippen molar-refractivity contribution in [2.45, 2.75) is 4.90 Å². The lowest BCUT2D eigenvalue weighted by atomic mass is 10.1. The Labute approximate surface area is 161 Å². The minimum absolute atomic E-state index is 0.0172. The second kappa shape index (κ2) is 8.28. The van der Waals surface area contributed by atoms with Crippen molar-refractivity contribution in [3.05, 3.63) is 52.5 Å². The van der Waals surface area contributed by atoms with Gasteiger partial charge in [0.15, 0.2) is 0 Å². The lowest BCUT2D eigenvalue weighted by Gasteiger charge is -2.14. The molecule has 2 aromatic rings. The number of esters is 1. The van der Waals surface area contributed by atoms with Gasteiger partial charge in [0.25, 0.3) is 15.9 Å². The highest BCUT2D eigenvalue weighted by molar-refractivity contribution is 7.92. The number of hydrogen-bond acceptors (Lipinski definition) is 6. The molecule has 0 saturated heterocycles. The standard InChI is InChI=1S/C17H17ClN2O6S/c1-19-16(21)12-9-11(25-2)5-7-14(12)20-27(23,24)15-8-10(17(22)26-3)4-6-13(15)18/h4-9,20H,1-3H3,(H,19,21). The fraction of sp³-hybridized carbons (Fsp3) is 0.176. The minimum Gasteiger partial charge on any atom is -0.497 e. The van der Waals surface area contributed by atoms with E-state index in [9.17, 15) is 18.0 Å². The third kappa shape index (κ3) is 4.50.